The predicted octanol–water partition coefficient (Wildman–Crippen LogP) is 3.46. The number of nitrogens with zero attached hydrogens (tertiary/aromatic N) is 1. The van der Waals surface area contributed by atoms with Crippen molar-refractivity contribution in [3.63, 3.8) is 0 Å². The van der Waals surface area contributed by atoms with Gasteiger partial charge in [0.1, 0.15) is 23.3 Å². The second kappa shape index (κ2) is 6.14. The van der Waals surface area contributed by atoms with Crippen LogP contribution in [0.1, 0.15) is 21.8 Å². The normalized spacial score (nSPS) is 11.5. The summed E-state index contributed by atoms with van der Waals surface area (Å²) in [5.41, 5.74) is 0.0186. The van der Waals surface area contributed by atoms with Crippen molar-refractivity contribution >= 4 is 5.78 Å². The van der Waals surface area contributed by atoms with Gasteiger partial charge in [-0.25, -0.2) is 8.78 Å². The van der Waals surface area contributed by atoms with Crippen LogP contribution in [0.15, 0.2) is 42.5 Å². The topological polar surface area (TPSA) is 50.1 Å². The lowest BCUT2D eigenvalue weighted by atomic mass is 9.91. The Kier molecular flexibility index (Phi) is 4.29. The van der Waals surface area contributed by atoms with Crippen LogP contribution < -0.4 is 4.74 Å². The first-order valence-electron chi connectivity index (χ1n) is 6.10. The molecule has 0 saturated carbocycles. The van der Waals surface area contributed by atoms with Gasteiger partial charge in [0.2, 0.25) is 0 Å². The maximum atomic E-state index is 13.7. The van der Waals surface area contributed by atoms with Crippen molar-refractivity contribution in [1.29, 1.82) is 5.26 Å². The first-order valence-corrected chi connectivity index (χ1v) is 6.10. The van der Waals surface area contributed by atoms with Crippen LogP contribution in [0, 0.1) is 23.0 Å². The molecular formula is C16H11F2NO2. The lowest BCUT2D eigenvalue weighted by Gasteiger charge is -2.13. The van der Waals surface area contributed by atoms with Crippen LogP contribution in [0.2, 0.25) is 0 Å². The van der Waals surface area contributed by atoms with Crippen LogP contribution in [0.5, 0.6) is 5.75 Å². The van der Waals surface area contributed by atoms with E-state index in [4.69, 9.17) is 4.74 Å². The third kappa shape index (κ3) is 2.90. The van der Waals surface area contributed by atoms with E-state index in [1.54, 1.807) is 24.3 Å². The maximum Gasteiger partial charge on any atom is 0.187 e. The number of para-hydroxylation sites is 1. The summed E-state index contributed by atoms with van der Waals surface area (Å²) in [6.07, 6.45) is 0. The highest BCUT2D eigenvalue weighted by Gasteiger charge is 2.26. The van der Waals surface area contributed by atoms with Crippen LogP contribution in [-0.4, -0.2) is 12.9 Å². The number of rotatable bonds is 4. The zero-order valence-electron chi connectivity index (χ0n) is 11.1. The van der Waals surface area contributed by atoms with Crippen molar-refractivity contribution < 1.29 is 18.3 Å². The predicted molar refractivity (Wildman–Crippen MR) is 72.0 cm³/mol. The van der Waals surface area contributed by atoms with Gasteiger partial charge in [0.25, 0.3) is 0 Å². The summed E-state index contributed by atoms with van der Waals surface area (Å²) in [7, 11) is 1.41. The molecular weight excluding hydrogens is 276 g/mol. The first kappa shape index (κ1) is 14.7. The molecule has 0 aliphatic rings. The van der Waals surface area contributed by atoms with Crippen molar-refractivity contribution in [1.82, 2.24) is 0 Å². The zero-order chi connectivity index (χ0) is 15.4. The fourth-order valence-electron chi connectivity index (χ4n) is 2.02. The standard InChI is InChI=1S/C16H11F2NO2/c1-21-15-5-3-2-4-11(15)13(9-19)16(20)12-7-6-10(17)8-14(12)18/h2-8,13H,1H3. The van der Waals surface area contributed by atoms with E-state index >= 15 is 0 Å². The van der Waals surface area contributed by atoms with Crippen LogP contribution >= 0.6 is 0 Å². The fraction of sp³-hybridized carbons (Fsp3) is 0.125. The number of nitriles is 1. The second-order valence-electron chi connectivity index (χ2n) is 4.29. The summed E-state index contributed by atoms with van der Waals surface area (Å²) >= 11 is 0. The Morgan fingerprint density at radius 2 is 1.95 bits per heavy atom. The van der Waals surface area contributed by atoms with Gasteiger partial charge in [-0.05, 0) is 18.2 Å². The molecule has 2 aromatic rings. The van der Waals surface area contributed by atoms with Gasteiger partial charge in [0.15, 0.2) is 5.78 Å². The third-order valence-corrected chi connectivity index (χ3v) is 3.04. The molecule has 3 nitrogen and oxygen atoms in total. The second-order valence-corrected chi connectivity index (χ2v) is 4.29. The Balaban J connectivity index is 2.46. The molecule has 0 saturated heterocycles. The molecule has 0 N–H and O–H groups in total. The van der Waals surface area contributed by atoms with Gasteiger partial charge < -0.3 is 4.74 Å². The zero-order valence-corrected chi connectivity index (χ0v) is 11.1. The molecule has 2 aromatic carbocycles. The number of ketones is 1. The molecule has 21 heavy (non-hydrogen) atoms. The van der Waals surface area contributed by atoms with Gasteiger partial charge >= 0.3 is 0 Å². The summed E-state index contributed by atoms with van der Waals surface area (Å²) in [4.78, 5) is 12.3. The minimum atomic E-state index is -1.22. The van der Waals surface area contributed by atoms with Crippen LogP contribution in [0.25, 0.3) is 0 Å². The van der Waals surface area contributed by atoms with E-state index in [9.17, 15) is 18.8 Å². The number of halogens is 2. The Morgan fingerprint density at radius 3 is 2.57 bits per heavy atom. The van der Waals surface area contributed by atoms with Gasteiger partial charge in [0.05, 0.1) is 18.7 Å². The number of benzene rings is 2. The SMILES string of the molecule is COc1ccccc1C(C#N)C(=O)c1ccc(F)cc1F. The number of carbonyl (C=O) groups is 1. The molecule has 5 heteroatoms. The highest BCUT2D eigenvalue weighted by molar-refractivity contribution is 6.03. The molecule has 0 bridgehead atoms. The number of hydrogen-bond donors (Lipinski definition) is 0. The summed E-state index contributed by atoms with van der Waals surface area (Å²) in [5, 5.41) is 9.25. The number of ether oxygens (including phenoxy) is 1. The van der Waals surface area contributed by atoms with Gasteiger partial charge in [-0.3, -0.25) is 4.79 Å². The molecule has 1 atom stereocenters. The van der Waals surface area contributed by atoms with E-state index in [1.165, 1.54) is 7.11 Å². The largest absolute Gasteiger partial charge is 0.496 e. The average Bonchev–Trinajstić information content (AvgIpc) is 2.48. The molecule has 0 amide bonds. The molecule has 0 aliphatic heterocycles. The van der Waals surface area contributed by atoms with Crippen LogP contribution in [-0.2, 0) is 0 Å². The first-order chi connectivity index (χ1) is 10.1. The average molecular weight is 287 g/mol. The van der Waals surface area contributed by atoms with Gasteiger partial charge in [-0.2, -0.15) is 5.26 Å². The van der Waals surface area contributed by atoms with Crippen molar-refractivity contribution in [3.05, 3.63) is 65.2 Å². The number of hydrogen-bond acceptors (Lipinski definition) is 3. The molecule has 0 aliphatic carbocycles. The number of carbonyl (C=O) groups excluding carboxylic acids is 1. The minimum absolute atomic E-state index is 0.325. The van der Waals surface area contributed by atoms with Crippen molar-refractivity contribution in [3.8, 4) is 11.8 Å². The number of methoxy groups -OCH3 is 1. The lowest BCUT2D eigenvalue weighted by molar-refractivity contribution is 0.0974. The van der Waals surface area contributed by atoms with E-state index in [-0.39, 0.29) is 5.56 Å². The lowest BCUT2D eigenvalue weighted by Crippen LogP contribution is -2.14. The highest BCUT2D eigenvalue weighted by Crippen LogP contribution is 2.29. The van der Waals surface area contributed by atoms with Gasteiger partial charge in [0, 0.05) is 11.6 Å². The van der Waals surface area contributed by atoms with E-state index in [1.807, 2.05) is 6.07 Å². The van der Waals surface area contributed by atoms with E-state index in [2.05, 4.69) is 0 Å². The minimum Gasteiger partial charge on any atom is -0.496 e. The van der Waals surface area contributed by atoms with Gasteiger partial charge in [-0.1, -0.05) is 18.2 Å². The smallest absolute Gasteiger partial charge is 0.187 e. The Morgan fingerprint density at radius 1 is 1.24 bits per heavy atom. The fourth-order valence-corrected chi connectivity index (χ4v) is 2.02. The Hall–Kier alpha value is -2.74. The molecule has 106 valence electrons. The van der Waals surface area contributed by atoms with Gasteiger partial charge in [-0.15, -0.1) is 0 Å². The maximum absolute atomic E-state index is 13.7. The van der Waals surface area contributed by atoms with E-state index in [0.29, 0.717) is 17.4 Å². The molecule has 2 rings (SSSR count). The summed E-state index contributed by atoms with van der Waals surface area (Å²) in [6.45, 7) is 0. The molecule has 0 heterocycles. The van der Waals surface area contributed by atoms with Crippen molar-refractivity contribution in [2.24, 2.45) is 0 Å². The Bertz CT molecular complexity index is 722. The molecule has 1 unspecified atom stereocenters. The summed E-state index contributed by atoms with van der Waals surface area (Å²) < 4.78 is 31.7. The third-order valence-electron chi connectivity index (χ3n) is 3.04. The monoisotopic (exact) mass is 287 g/mol. The molecule has 0 aromatic heterocycles. The van der Waals surface area contributed by atoms with Crippen LogP contribution in [0.4, 0.5) is 8.78 Å². The number of Topliss-reactive ketones (excluding diaryl/α,β-unsaturated/α-hetero) is 1. The van der Waals surface area contributed by atoms with Crippen LogP contribution in [0.3, 0.4) is 0 Å². The molecule has 0 spiro atoms. The summed E-state index contributed by atoms with van der Waals surface area (Å²) in [5.74, 6) is -3.37. The highest BCUT2D eigenvalue weighted by atomic mass is 19.1. The Labute approximate surface area is 120 Å². The summed E-state index contributed by atoms with van der Waals surface area (Å²) in [6, 6.07) is 11.0. The quantitative estimate of drug-likeness (QED) is 0.809. The van der Waals surface area contributed by atoms with E-state index in [0.717, 1.165) is 12.1 Å². The molecule has 0 radical (unpaired) electrons. The molecule has 0 fully saturated rings. The van der Waals surface area contributed by atoms with Crippen molar-refractivity contribution in [2.75, 3.05) is 7.11 Å². The van der Waals surface area contributed by atoms with Crippen molar-refractivity contribution in [2.45, 2.75) is 5.92 Å². The van der Waals surface area contributed by atoms with E-state index < -0.39 is 23.3 Å².